The molecular formula is C23H26FN5O5. The second-order valence-electron chi connectivity index (χ2n) is 8.57. The van der Waals surface area contributed by atoms with Crippen molar-refractivity contribution in [2.45, 2.75) is 32.8 Å². The van der Waals surface area contributed by atoms with Crippen LogP contribution < -0.4 is 10.5 Å². The first kappa shape index (κ1) is 24.6. The predicted molar refractivity (Wildman–Crippen MR) is 123 cm³/mol. The summed E-state index contributed by atoms with van der Waals surface area (Å²) in [6, 6.07) is 7.69. The van der Waals surface area contributed by atoms with E-state index in [2.05, 4.69) is 16.9 Å². The van der Waals surface area contributed by atoms with Crippen molar-refractivity contribution < 1.29 is 23.6 Å². The van der Waals surface area contributed by atoms with Crippen molar-refractivity contribution >= 4 is 17.6 Å². The molecular weight excluding hydrogens is 445 g/mol. The molecule has 0 spiro atoms. The minimum absolute atomic E-state index is 0.177. The Hall–Kier alpha value is -4.07. The highest BCUT2D eigenvalue weighted by Crippen LogP contribution is 2.31. The number of nitrogens with two attached hydrogens (primary N) is 1. The molecule has 11 heteroatoms. The maximum atomic E-state index is 14.3. The molecule has 2 heterocycles. The number of nitrogens with zero attached hydrogens (tertiary/aromatic N) is 4. The molecule has 0 atom stereocenters. The van der Waals surface area contributed by atoms with Crippen LogP contribution in [0, 0.1) is 27.9 Å². The molecule has 0 saturated carbocycles. The number of halogens is 1. The summed E-state index contributed by atoms with van der Waals surface area (Å²) in [5, 5.41) is 10.8. The van der Waals surface area contributed by atoms with Gasteiger partial charge in [-0.25, -0.2) is 14.2 Å². The number of hydrogen-bond donors (Lipinski definition) is 1. The van der Waals surface area contributed by atoms with Crippen molar-refractivity contribution in [3.63, 3.8) is 0 Å². The number of aromatic nitrogens is 1. The van der Waals surface area contributed by atoms with Crippen LogP contribution >= 0.6 is 0 Å². The average Bonchev–Trinajstić information content (AvgIpc) is 2.76. The molecule has 10 nitrogen and oxygen atoms in total. The van der Waals surface area contributed by atoms with E-state index < -0.39 is 16.3 Å². The van der Waals surface area contributed by atoms with E-state index >= 15 is 0 Å². The molecule has 2 aromatic rings. The van der Waals surface area contributed by atoms with Crippen LogP contribution in [0.15, 0.2) is 30.5 Å². The molecule has 0 aliphatic carbocycles. The average molecular weight is 471 g/mol. The van der Waals surface area contributed by atoms with Gasteiger partial charge >= 0.3 is 6.09 Å². The fourth-order valence-corrected chi connectivity index (χ4v) is 3.13. The van der Waals surface area contributed by atoms with Gasteiger partial charge in [-0.05, 0) is 32.9 Å². The van der Waals surface area contributed by atoms with Crippen LogP contribution in [0.25, 0.3) is 0 Å². The van der Waals surface area contributed by atoms with Gasteiger partial charge in [0.1, 0.15) is 17.2 Å². The molecule has 1 amide bonds. The van der Waals surface area contributed by atoms with Crippen LogP contribution in [0.2, 0.25) is 0 Å². The van der Waals surface area contributed by atoms with E-state index in [-0.39, 0.29) is 35.5 Å². The molecule has 0 bridgehead atoms. The van der Waals surface area contributed by atoms with E-state index in [0.717, 1.165) is 12.1 Å². The minimum atomic E-state index is -0.871. The molecule has 0 radical (unpaired) electrons. The number of nitro groups is 1. The van der Waals surface area contributed by atoms with E-state index in [4.69, 9.17) is 15.2 Å². The number of nitrogen functional groups attached to an aromatic ring is 1. The second-order valence-corrected chi connectivity index (χ2v) is 8.57. The van der Waals surface area contributed by atoms with Gasteiger partial charge in [-0.15, -0.1) is 0 Å². The number of benzene rings is 1. The van der Waals surface area contributed by atoms with Gasteiger partial charge in [-0.3, -0.25) is 10.1 Å². The number of ether oxygens (including phenoxy) is 2. The van der Waals surface area contributed by atoms with Crippen LogP contribution in [-0.2, 0) is 11.2 Å². The maximum absolute atomic E-state index is 14.3. The Morgan fingerprint density at radius 3 is 2.56 bits per heavy atom. The summed E-state index contributed by atoms with van der Waals surface area (Å²) < 4.78 is 25.3. The van der Waals surface area contributed by atoms with Crippen LogP contribution in [0.4, 0.5) is 20.7 Å². The zero-order valence-electron chi connectivity index (χ0n) is 19.2. The van der Waals surface area contributed by atoms with Crippen LogP contribution in [0.5, 0.6) is 11.5 Å². The number of carbonyl (C=O) groups is 1. The molecule has 1 aromatic heterocycles. The van der Waals surface area contributed by atoms with Crippen molar-refractivity contribution in [1.82, 2.24) is 14.8 Å². The molecule has 1 aromatic carbocycles. The number of pyridine rings is 1. The predicted octanol–water partition coefficient (Wildman–Crippen LogP) is 3.56. The van der Waals surface area contributed by atoms with Crippen LogP contribution in [0.3, 0.4) is 0 Å². The van der Waals surface area contributed by atoms with Gasteiger partial charge in [0.25, 0.3) is 5.69 Å². The van der Waals surface area contributed by atoms with Crippen molar-refractivity contribution in [2.75, 3.05) is 31.9 Å². The largest absolute Gasteiger partial charge is 0.454 e. The monoisotopic (exact) mass is 471 g/mol. The Kier molecular flexibility index (Phi) is 7.40. The molecule has 1 aliphatic heterocycles. The summed E-state index contributed by atoms with van der Waals surface area (Å²) in [5.74, 6) is 2.41. The second kappa shape index (κ2) is 10.2. The Morgan fingerprint density at radius 2 is 1.94 bits per heavy atom. The first-order chi connectivity index (χ1) is 16.0. The van der Waals surface area contributed by atoms with E-state index in [1.807, 2.05) is 25.7 Å². The first-order valence-electron chi connectivity index (χ1n) is 10.6. The number of carbonyl (C=O) groups excluding carboxylic acids is 1. The number of non-ortho nitro benzene ring substituents is 1. The van der Waals surface area contributed by atoms with Crippen molar-refractivity contribution in [1.29, 1.82) is 0 Å². The summed E-state index contributed by atoms with van der Waals surface area (Å²) in [7, 11) is 0. The number of hydrogen-bond acceptors (Lipinski definition) is 8. The molecule has 3 rings (SSSR count). The third-order valence-corrected chi connectivity index (χ3v) is 4.83. The highest BCUT2D eigenvalue weighted by molar-refractivity contribution is 5.68. The quantitative estimate of drug-likeness (QED) is 0.408. The third kappa shape index (κ3) is 6.48. The van der Waals surface area contributed by atoms with E-state index in [0.29, 0.717) is 31.7 Å². The van der Waals surface area contributed by atoms with Gasteiger partial charge in [0.2, 0.25) is 0 Å². The van der Waals surface area contributed by atoms with E-state index in [1.54, 1.807) is 4.90 Å². The molecule has 1 fully saturated rings. The number of nitro benzene ring substituents is 1. The molecule has 180 valence electrons. The van der Waals surface area contributed by atoms with E-state index in [9.17, 15) is 19.3 Å². The summed E-state index contributed by atoms with van der Waals surface area (Å²) in [6.07, 6.45) is 1.26. The lowest BCUT2D eigenvalue weighted by Gasteiger charge is -2.33. The van der Waals surface area contributed by atoms with Gasteiger partial charge in [-0.1, -0.05) is 5.92 Å². The van der Waals surface area contributed by atoms with Gasteiger partial charge < -0.3 is 25.0 Å². The Balaban J connectivity index is 1.64. The van der Waals surface area contributed by atoms with Crippen LogP contribution in [-0.4, -0.2) is 57.6 Å². The molecule has 34 heavy (non-hydrogen) atoms. The summed E-state index contributed by atoms with van der Waals surface area (Å²) in [6.45, 7) is 7.58. The number of piperazine rings is 1. The standard InChI is InChI=1S/C23H26FN5O5/c1-23(2,3)34-22(30)28-13-11-27(12-14-28)10-4-5-17-19(8-9-26-21(17)25)33-20-7-6-16(29(31)32)15-18(20)24/h6-9,15H,5,11-14H2,1-3H3,(H2,25,26). The summed E-state index contributed by atoms with van der Waals surface area (Å²) in [5.41, 5.74) is 5.53. The number of amides is 1. The van der Waals surface area contributed by atoms with Crippen LogP contribution in [0.1, 0.15) is 26.3 Å². The van der Waals surface area contributed by atoms with Crippen molar-refractivity contribution in [3.05, 3.63) is 52.0 Å². The lowest BCUT2D eigenvalue weighted by molar-refractivity contribution is -0.385. The minimum Gasteiger partial charge on any atom is -0.454 e. The van der Waals surface area contributed by atoms with Gasteiger partial charge in [0.05, 0.1) is 11.0 Å². The maximum Gasteiger partial charge on any atom is 0.410 e. The lowest BCUT2D eigenvalue weighted by atomic mass is 10.1. The molecule has 1 aliphatic rings. The SMILES string of the molecule is CC(C)(C)OC(=O)N1CCN(C#CCc2c(Oc3ccc([N+](=O)[O-])cc3F)ccnc2N)CC1. The number of rotatable bonds is 4. The topological polar surface area (TPSA) is 124 Å². The lowest BCUT2D eigenvalue weighted by Crippen LogP contribution is -2.48. The smallest absolute Gasteiger partial charge is 0.410 e. The molecule has 0 unspecified atom stereocenters. The normalized spacial score (nSPS) is 13.6. The highest BCUT2D eigenvalue weighted by Gasteiger charge is 2.25. The van der Waals surface area contributed by atoms with Gasteiger partial charge in [0.15, 0.2) is 11.6 Å². The zero-order valence-corrected chi connectivity index (χ0v) is 19.2. The molecule has 2 N–H and O–H groups in total. The third-order valence-electron chi connectivity index (χ3n) is 4.83. The van der Waals surface area contributed by atoms with Crippen molar-refractivity contribution in [3.8, 4) is 23.5 Å². The Labute approximate surface area is 196 Å². The van der Waals surface area contributed by atoms with Gasteiger partial charge in [0, 0.05) is 56.5 Å². The van der Waals surface area contributed by atoms with Gasteiger partial charge in [-0.2, -0.15) is 0 Å². The fraction of sp³-hybridized carbons (Fsp3) is 0.391. The highest BCUT2D eigenvalue weighted by atomic mass is 19.1. The Bertz CT molecular complexity index is 1130. The van der Waals surface area contributed by atoms with Crippen molar-refractivity contribution in [2.24, 2.45) is 0 Å². The summed E-state index contributed by atoms with van der Waals surface area (Å²) >= 11 is 0. The molecule has 1 saturated heterocycles. The first-order valence-corrected chi connectivity index (χ1v) is 10.6. The Morgan fingerprint density at radius 1 is 1.24 bits per heavy atom. The zero-order chi connectivity index (χ0) is 24.9. The summed E-state index contributed by atoms with van der Waals surface area (Å²) in [4.78, 5) is 29.9. The fourth-order valence-electron chi connectivity index (χ4n) is 3.13. The number of anilines is 1. The van der Waals surface area contributed by atoms with E-state index in [1.165, 1.54) is 18.3 Å².